The molecule has 2 heterocycles. The first-order chi connectivity index (χ1) is 14.5. The van der Waals surface area contributed by atoms with Crippen molar-refractivity contribution in [2.75, 3.05) is 11.9 Å². The van der Waals surface area contributed by atoms with Gasteiger partial charge in [0.05, 0.1) is 5.69 Å². The summed E-state index contributed by atoms with van der Waals surface area (Å²) in [4.78, 5) is 16.9. The van der Waals surface area contributed by atoms with Crippen LogP contribution in [-0.4, -0.2) is 31.7 Å². The van der Waals surface area contributed by atoms with E-state index in [9.17, 15) is 13.2 Å². The maximum atomic E-state index is 12.5. The van der Waals surface area contributed by atoms with E-state index < -0.39 is 15.9 Å². The molecule has 0 saturated carbocycles. The Kier molecular flexibility index (Phi) is 5.33. The van der Waals surface area contributed by atoms with Crippen LogP contribution in [0, 0.1) is 6.92 Å². The molecule has 30 heavy (non-hydrogen) atoms. The summed E-state index contributed by atoms with van der Waals surface area (Å²) in [7, 11) is -3.90. The molecule has 1 aromatic heterocycles. The van der Waals surface area contributed by atoms with E-state index in [1.165, 1.54) is 6.07 Å². The predicted molar refractivity (Wildman–Crippen MR) is 116 cm³/mol. The number of sulfonamides is 1. The van der Waals surface area contributed by atoms with Crippen LogP contribution in [0.2, 0.25) is 0 Å². The van der Waals surface area contributed by atoms with E-state index in [1.54, 1.807) is 24.4 Å². The average Bonchev–Trinajstić information content (AvgIpc) is 2.74. The topological polar surface area (TPSA) is 101 Å². The standard InChI is InChI=1S/C22H20N4O3S/c1-15-17(9-6-13-23-15)18-8-3-2-7-16(18)12-14-24-22(27)21-25-19-10-4-5-11-20(19)30(28,29)26-21/h2-11,13H,12,14H2,1H3,(H,24,27)(H,25,26). The summed E-state index contributed by atoms with van der Waals surface area (Å²) in [6.07, 6.45) is 2.33. The van der Waals surface area contributed by atoms with Crippen LogP contribution in [0.4, 0.5) is 5.69 Å². The van der Waals surface area contributed by atoms with Crippen molar-refractivity contribution in [2.24, 2.45) is 4.40 Å². The van der Waals surface area contributed by atoms with Crippen LogP contribution in [0.15, 0.2) is 76.2 Å². The molecule has 0 atom stereocenters. The average molecular weight is 420 g/mol. The number of rotatable bonds is 5. The number of pyridine rings is 1. The van der Waals surface area contributed by atoms with Gasteiger partial charge in [0.2, 0.25) is 5.84 Å². The normalized spacial score (nSPS) is 14.2. The Labute approximate surface area is 175 Å². The molecule has 1 aliphatic heterocycles. The van der Waals surface area contributed by atoms with Crippen LogP contribution in [0.3, 0.4) is 0 Å². The molecule has 0 saturated heterocycles. The van der Waals surface area contributed by atoms with Gasteiger partial charge in [0.15, 0.2) is 0 Å². The lowest BCUT2D eigenvalue weighted by Gasteiger charge is -2.17. The minimum atomic E-state index is -3.90. The van der Waals surface area contributed by atoms with Gasteiger partial charge in [-0.15, -0.1) is 4.40 Å². The highest BCUT2D eigenvalue weighted by Gasteiger charge is 2.27. The number of fused-ring (bicyclic) bond motifs is 1. The van der Waals surface area contributed by atoms with Gasteiger partial charge in [0.1, 0.15) is 4.90 Å². The highest BCUT2D eigenvalue weighted by atomic mass is 32.2. The summed E-state index contributed by atoms with van der Waals surface area (Å²) < 4.78 is 28.2. The molecule has 8 heteroatoms. The fourth-order valence-corrected chi connectivity index (χ4v) is 4.49. The zero-order valence-electron chi connectivity index (χ0n) is 16.3. The van der Waals surface area contributed by atoms with Gasteiger partial charge in [-0.25, -0.2) is 0 Å². The summed E-state index contributed by atoms with van der Waals surface area (Å²) in [5.41, 5.74) is 4.43. The highest BCUT2D eigenvalue weighted by Crippen LogP contribution is 2.27. The van der Waals surface area contributed by atoms with Gasteiger partial charge in [0, 0.05) is 24.0 Å². The number of carbonyl (C=O) groups excluding carboxylic acids is 1. The van der Waals surface area contributed by atoms with E-state index in [1.807, 2.05) is 43.3 Å². The monoisotopic (exact) mass is 420 g/mol. The molecular formula is C22H20N4O3S. The summed E-state index contributed by atoms with van der Waals surface area (Å²) in [5, 5.41) is 5.55. The van der Waals surface area contributed by atoms with Gasteiger partial charge in [-0.05, 0) is 42.7 Å². The van der Waals surface area contributed by atoms with Gasteiger partial charge in [0.25, 0.3) is 15.9 Å². The van der Waals surface area contributed by atoms with E-state index in [4.69, 9.17) is 0 Å². The van der Waals surface area contributed by atoms with Crippen molar-refractivity contribution in [1.29, 1.82) is 0 Å². The molecule has 0 unspecified atom stereocenters. The Balaban J connectivity index is 1.47. The molecule has 0 spiro atoms. The third-order valence-electron chi connectivity index (χ3n) is 4.84. The van der Waals surface area contributed by atoms with Crippen molar-refractivity contribution >= 4 is 27.5 Å². The van der Waals surface area contributed by atoms with E-state index in [0.717, 1.165) is 22.4 Å². The molecular weight excluding hydrogens is 400 g/mol. The first-order valence-electron chi connectivity index (χ1n) is 9.45. The molecule has 152 valence electrons. The van der Waals surface area contributed by atoms with Gasteiger partial charge >= 0.3 is 0 Å². The third kappa shape index (κ3) is 3.95. The Bertz CT molecular complexity index is 1250. The summed E-state index contributed by atoms with van der Waals surface area (Å²) in [6.45, 7) is 2.29. The molecule has 0 radical (unpaired) electrons. The largest absolute Gasteiger partial charge is 0.349 e. The molecule has 3 aromatic rings. The molecule has 1 amide bonds. The minimum Gasteiger partial charge on any atom is -0.349 e. The van der Waals surface area contributed by atoms with Crippen LogP contribution in [-0.2, 0) is 21.2 Å². The van der Waals surface area contributed by atoms with Gasteiger partial charge in [-0.1, -0.05) is 42.5 Å². The Morgan fingerprint density at radius 1 is 1.00 bits per heavy atom. The lowest BCUT2D eigenvalue weighted by Crippen LogP contribution is -2.39. The number of para-hydroxylation sites is 1. The van der Waals surface area contributed by atoms with Crippen LogP contribution in [0.25, 0.3) is 11.1 Å². The summed E-state index contributed by atoms with van der Waals surface area (Å²) in [5.74, 6) is -0.798. The van der Waals surface area contributed by atoms with Gasteiger partial charge in [-0.2, -0.15) is 8.42 Å². The molecule has 0 aliphatic carbocycles. The van der Waals surface area contributed by atoms with E-state index in [-0.39, 0.29) is 10.7 Å². The SMILES string of the molecule is Cc1ncccc1-c1ccccc1CCNC(=O)C1=NS(=O)(=O)c2ccccc2N1. The lowest BCUT2D eigenvalue weighted by molar-refractivity contribution is -0.114. The maximum absolute atomic E-state index is 12.5. The molecule has 7 nitrogen and oxygen atoms in total. The van der Waals surface area contributed by atoms with Gasteiger partial charge in [-0.3, -0.25) is 9.78 Å². The van der Waals surface area contributed by atoms with E-state index in [2.05, 4.69) is 20.0 Å². The number of nitrogens with zero attached hydrogens (tertiary/aromatic N) is 2. The van der Waals surface area contributed by atoms with Crippen LogP contribution < -0.4 is 10.6 Å². The van der Waals surface area contributed by atoms with Gasteiger partial charge < -0.3 is 10.6 Å². The molecule has 2 aromatic carbocycles. The fourth-order valence-electron chi connectivity index (χ4n) is 3.38. The number of amides is 1. The zero-order chi connectivity index (χ0) is 21.1. The van der Waals surface area contributed by atoms with Crippen LogP contribution in [0.1, 0.15) is 11.3 Å². The number of nitrogens with one attached hydrogen (secondary N) is 2. The quantitative estimate of drug-likeness (QED) is 0.661. The third-order valence-corrected chi connectivity index (χ3v) is 6.17. The molecule has 4 rings (SSSR count). The number of aromatic nitrogens is 1. The highest BCUT2D eigenvalue weighted by molar-refractivity contribution is 7.90. The van der Waals surface area contributed by atoms with E-state index >= 15 is 0 Å². The summed E-state index contributed by atoms with van der Waals surface area (Å²) in [6, 6.07) is 18.2. The van der Waals surface area contributed by atoms with Crippen molar-refractivity contribution < 1.29 is 13.2 Å². The minimum absolute atomic E-state index is 0.0577. The van der Waals surface area contributed by atoms with Crippen molar-refractivity contribution in [3.8, 4) is 11.1 Å². The molecule has 0 fully saturated rings. The maximum Gasteiger partial charge on any atom is 0.287 e. The number of amidine groups is 1. The van der Waals surface area contributed by atoms with Crippen LogP contribution >= 0.6 is 0 Å². The lowest BCUT2D eigenvalue weighted by atomic mass is 9.97. The number of hydrogen-bond acceptors (Lipinski definition) is 5. The molecule has 0 bridgehead atoms. The number of aryl methyl sites for hydroxylation is 1. The second-order valence-corrected chi connectivity index (χ2v) is 8.41. The van der Waals surface area contributed by atoms with Crippen LogP contribution in [0.5, 0.6) is 0 Å². The van der Waals surface area contributed by atoms with Crippen molar-refractivity contribution in [3.63, 3.8) is 0 Å². The smallest absolute Gasteiger partial charge is 0.287 e. The number of anilines is 1. The predicted octanol–water partition coefficient (Wildman–Crippen LogP) is 2.93. The second kappa shape index (κ2) is 8.08. The number of benzene rings is 2. The van der Waals surface area contributed by atoms with Crippen molar-refractivity contribution in [2.45, 2.75) is 18.2 Å². The molecule has 2 N–H and O–H groups in total. The Hall–Kier alpha value is -3.52. The molecule has 1 aliphatic rings. The number of hydrogen-bond donors (Lipinski definition) is 2. The van der Waals surface area contributed by atoms with Crippen molar-refractivity contribution in [3.05, 3.63) is 78.1 Å². The Morgan fingerprint density at radius 3 is 2.57 bits per heavy atom. The Morgan fingerprint density at radius 2 is 1.73 bits per heavy atom. The first-order valence-corrected chi connectivity index (χ1v) is 10.9. The fraction of sp³-hybridized carbons (Fsp3) is 0.136. The second-order valence-electron chi connectivity index (χ2n) is 6.84. The summed E-state index contributed by atoms with van der Waals surface area (Å²) >= 11 is 0. The number of carbonyl (C=O) groups is 1. The van der Waals surface area contributed by atoms with Crippen molar-refractivity contribution in [1.82, 2.24) is 10.3 Å². The van der Waals surface area contributed by atoms with E-state index in [0.29, 0.717) is 18.7 Å². The first kappa shape index (κ1) is 19.8. The zero-order valence-corrected chi connectivity index (χ0v) is 17.1.